The fraction of sp³-hybridized carbons (Fsp3) is 0.714. The van der Waals surface area contributed by atoms with Gasteiger partial charge in [-0.25, -0.2) is 0 Å². The highest BCUT2D eigenvalue weighted by molar-refractivity contribution is 4.66. The molecule has 2 heteroatoms. The van der Waals surface area contributed by atoms with Gasteiger partial charge >= 0.3 is 0 Å². The second-order valence-corrected chi connectivity index (χ2v) is 1.97. The van der Waals surface area contributed by atoms with Crippen LogP contribution in [0.25, 0.3) is 0 Å². The van der Waals surface area contributed by atoms with Crippen molar-refractivity contribution in [3.8, 4) is 0 Å². The molecule has 0 spiro atoms. The molecular weight excluding hydrogens is 112 g/mol. The highest BCUT2D eigenvalue weighted by atomic mass is 14.9. The molecule has 0 aliphatic heterocycles. The van der Waals surface area contributed by atoms with Gasteiger partial charge in [-0.15, -0.1) is 6.58 Å². The van der Waals surface area contributed by atoms with E-state index in [1.54, 1.807) is 0 Å². The Bertz CT molecular complexity index is 61.9. The minimum Gasteiger partial charge on any atom is -0.329 e. The topological polar surface area (TPSA) is 38.0 Å². The van der Waals surface area contributed by atoms with E-state index >= 15 is 0 Å². The van der Waals surface area contributed by atoms with Gasteiger partial charge in [-0.3, -0.25) is 0 Å². The Morgan fingerprint density at radius 3 is 2.78 bits per heavy atom. The molecule has 0 aliphatic carbocycles. The second-order valence-electron chi connectivity index (χ2n) is 1.97. The minimum absolute atomic E-state index is 0.730. The lowest BCUT2D eigenvalue weighted by molar-refractivity contribution is 0.659. The number of nitrogens with one attached hydrogen (secondary N) is 1. The molecule has 0 amide bonds. The lowest BCUT2D eigenvalue weighted by atomic mass is 10.3. The Morgan fingerprint density at radius 2 is 2.22 bits per heavy atom. The van der Waals surface area contributed by atoms with Gasteiger partial charge in [0.2, 0.25) is 0 Å². The van der Waals surface area contributed by atoms with Gasteiger partial charge in [-0.1, -0.05) is 6.08 Å². The van der Waals surface area contributed by atoms with Crippen LogP contribution in [-0.4, -0.2) is 19.6 Å². The molecule has 0 aromatic carbocycles. The molecule has 3 N–H and O–H groups in total. The molecule has 0 fully saturated rings. The maximum Gasteiger partial charge on any atom is 0.00745 e. The first-order valence-corrected chi connectivity index (χ1v) is 3.43. The number of nitrogens with two attached hydrogens (primary N) is 1. The fourth-order valence-electron chi connectivity index (χ4n) is 0.598. The Labute approximate surface area is 57.1 Å². The number of rotatable bonds is 6. The Balaban J connectivity index is 2.66. The van der Waals surface area contributed by atoms with Crippen molar-refractivity contribution in [2.45, 2.75) is 12.8 Å². The van der Waals surface area contributed by atoms with Crippen molar-refractivity contribution < 1.29 is 0 Å². The Hall–Kier alpha value is -0.340. The molecular formula is C7H16N2. The quantitative estimate of drug-likeness (QED) is 0.404. The van der Waals surface area contributed by atoms with Crippen LogP contribution < -0.4 is 11.1 Å². The summed E-state index contributed by atoms with van der Waals surface area (Å²) in [6, 6.07) is 0. The number of hydrogen-bond donors (Lipinski definition) is 2. The molecule has 0 unspecified atom stereocenters. The summed E-state index contributed by atoms with van der Waals surface area (Å²) in [7, 11) is 0. The standard InChI is InChI=1S/C7H16N2/c1-2-3-4-6-9-7-5-8/h2,9H,1,3-8H2. The third-order valence-corrected chi connectivity index (χ3v) is 1.08. The molecule has 0 rings (SSSR count). The van der Waals surface area contributed by atoms with E-state index in [1.807, 2.05) is 6.08 Å². The van der Waals surface area contributed by atoms with Crippen molar-refractivity contribution in [2.24, 2.45) is 5.73 Å². The van der Waals surface area contributed by atoms with Crippen LogP contribution in [0.15, 0.2) is 12.7 Å². The van der Waals surface area contributed by atoms with E-state index in [1.165, 1.54) is 6.42 Å². The van der Waals surface area contributed by atoms with E-state index in [0.717, 1.165) is 26.1 Å². The zero-order valence-electron chi connectivity index (χ0n) is 5.90. The van der Waals surface area contributed by atoms with Gasteiger partial charge in [0.25, 0.3) is 0 Å². The van der Waals surface area contributed by atoms with Gasteiger partial charge in [-0.2, -0.15) is 0 Å². The predicted octanol–water partition coefficient (Wildman–Crippen LogP) is 0.501. The highest BCUT2D eigenvalue weighted by Crippen LogP contribution is 1.84. The largest absolute Gasteiger partial charge is 0.329 e. The highest BCUT2D eigenvalue weighted by Gasteiger charge is 1.81. The van der Waals surface area contributed by atoms with Crippen molar-refractivity contribution in [1.29, 1.82) is 0 Å². The van der Waals surface area contributed by atoms with Gasteiger partial charge in [0.15, 0.2) is 0 Å². The van der Waals surface area contributed by atoms with Gasteiger partial charge < -0.3 is 11.1 Å². The zero-order chi connectivity index (χ0) is 6.95. The van der Waals surface area contributed by atoms with Gasteiger partial charge in [-0.05, 0) is 19.4 Å². The molecule has 0 aliphatic rings. The molecule has 0 saturated carbocycles. The van der Waals surface area contributed by atoms with E-state index < -0.39 is 0 Å². The van der Waals surface area contributed by atoms with Crippen LogP contribution in [0.5, 0.6) is 0 Å². The monoisotopic (exact) mass is 128 g/mol. The van der Waals surface area contributed by atoms with Gasteiger partial charge in [0.05, 0.1) is 0 Å². The summed E-state index contributed by atoms with van der Waals surface area (Å²) in [4.78, 5) is 0. The first kappa shape index (κ1) is 8.66. The molecule has 0 radical (unpaired) electrons. The smallest absolute Gasteiger partial charge is 0.00745 e. The van der Waals surface area contributed by atoms with Crippen molar-refractivity contribution in [2.75, 3.05) is 19.6 Å². The van der Waals surface area contributed by atoms with Crippen molar-refractivity contribution >= 4 is 0 Å². The van der Waals surface area contributed by atoms with Crippen LogP contribution in [0.4, 0.5) is 0 Å². The van der Waals surface area contributed by atoms with Crippen LogP contribution in [0.1, 0.15) is 12.8 Å². The number of hydrogen-bond acceptors (Lipinski definition) is 2. The van der Waals surface area contributed by atoms with Crippen molar-refractivity contribution in [3.05, 3.63) is 12.7 Å². The maximum absolute atomic E-state index is 5.26. The first-order valence-electron chi connectivity index (χ1n) is 3.43. The average Bonchev–Trinajstić information content (AvgIpc) is 1.89. The first-order chi connectivity index (χ1) is 4.41. The molecule has 9 heavy (non-hydrogen) atoms. The summed E-state index contributed by atoms with van der Waals surface area (Å²) < 4.78 is 0. The second kappa shape index (κ2) is 7.66. The Kier molecular flexibility index (Phi) is 7.37. The number of allylic oxidation sites excluding steroid dienone is 1. The summed E-state index contributed by atoms with van der Waals surface area (Å²) in [5.41, 5.74) is 5.26. The number of unbranched alkanes of at least 4 members (excludes halogenated alkanes) is 1. The lowest BCUT2D eigenvalue weighted by Gasteiger charge is -1.98. The van der Waals surface area contributed by atoms with Crippen LogP contribution in [0, 0.1) is 0 Å². The predicted molar refractivity (Wildman–Crippen MR) is 41.4 cm³/mol. The summed E-state index contributed by atoms with van der Waals surface area (Å²) in [5, 5.41) is 3.20. The van der Waals surface area contributed by atoms with Gasteiger partial charge in [0, 0.05) is 13.1 Å². The van der Waals surface area contributed by atoms with E-state index in [-0.39, 0.29) is 0 Å². The molecule has 0 bridgehead atoms. The van der Waals surface area contributed by atoms with E-state index in [9.17, 15) is 0 Å². The third-order valence-electron chi connectivity index (χ3n) is 1.08. The summed E-state index contributed by atoms with van der Waals surface area (Å²) in [6.45, 7) is 6.34. The van der Waals surface area contributed by atoms with Crippen molar-refractivity contribution in [1.82, 2.24) is 5.32 Å². The molecule has 0 aromatic heterocycles. The van der Waals surface area contributed by atoms with E-state index in [0.29, 0.717) is 0 Å². The molecule has 0 saturated heterocycles. The van der Waals surface area contributed by atoms with E-state index in [4.69, 9.17) is 5.73 Å². The lowest BCUT2D eigenvalue weighted by Crippen LogP contribution is -2.23. The minimum atomic E-state index is 0.730. The maximum atomic E-state index is 5.26. The fourth-order valence-corrected chi connectivity index (χ4v) is 0.598. The van der Waals surface area contributed by atoms with Crippen LogP contribution in [0.2, 0.25) is 0 Å². The summed E-state index contributed by atoms with van der Waals surface area (Å²) in [6.07, 6.45) is 4.20. The normalized spacial score (nSPS) is 9.44. The summed E-state index contributed by atoms with van der Waals surface area (Å²) in [5.74, 6) is 0. The van der Waals surface area contributed by atoms with Crippen LogP contribution >= 0.6 is 0 Å². The van der Waals surface area contributed by atoms with Gasteiger partial charge in [0.1, 0.15) is 0 Å². The molecule has 54 valence electrons. The van der Waals surface area contributed by atoms with Crippen molar-refractivity contribution in [3.63, 3.8) is 0 Å². The Morgan fingerprint density at radius 1 is 1.44 bits per heavy atom. The molecule has 0 aromatic rings. The third kappa shape index (κ3) is 7.66. The van der Waals surface area contributed by atoms with E-state index in [2.05, 4.69) is 11.9 Å². The SMILES string of the molecule is C=CCCCNCCN. The molecule has 0 heterocycles. The van der Waals surface area contributed by atoms with Crippen LogP contribution in [-0.2, 0) is 0 Å². The summed E-state index contributed by atoms with van der Waals surface area (Å²) >= 11 is 0. The zero-order valence-corrected chi connectivity index (χ0v) is 5.90. The average molecular weight is 128 g/mol. The van der Waals surface area contributed by atoms with Crippen LogP contribution in [0.3, 0.4) is 0 Å². The molecule has 2 nitrogen and oxygen atoms in total. The molecule has 0 atom stereocenters.